The Kier molecular flexibility index (Phi) is 8.92. The molecule has 0 bridgehead atoms. The number of benzene rings is 3. The van der Waals surface area contributed by atoms with Crippen LogP contribution in [0.25, 0.3) is 33.5 Å². The van der Waals surface area contributed by atoms with E-state index in [-0.39, 0.29) is 5.69 Å². The van der Waals surface area contributed by atoms with Crippen LogP contribution < -0.4 is 0 Å². The summed E-state index contributed by atoms with van der Waals surface area (Å²) < 4.78 is 0. The summed E-state index contributed by atoms with van der Waals surface area (Å²) >= 11 is 0. The summed E-state index contributed by atoms with van der Waals surface area (Å²) in [7, 11) is 0. The molecule has 5 rings (SSSR count). The summed E-state index contributed by atoms with van der Waals surface area (Å²) in [5.41, 5.74) is 14.6. The maximum absolute atomic E-state index is 11.4. The van der Waals surface area contributed by atoms with Crippen molar-refractivity contribution in [3.63, 3.8) is 0 Å². The zero-order valence-corrected chi connectivity index (χ0v) is 24.9. The van der Waals surface area contributed by atoms with Gasteiger partial charge in [-0.2, -0.15) is 0 Å². The average molecular weight is 555 g/mol. The summed E-state index contributed by atoms with van der Waals surface area (Å²) in [5.74, 6) is -1.00. The number of carbonyl (C=O) groups is 1. The van der Waals surface area contributed by atoms with Gasteiger partial charge in [0.05, 0.1) is 5.69 Å². The molecule has 4 heteroatoms. The number of pyridine rings is 2. The molecule has 0 aliphatic carbocycles. The minimum absolute atomic E-state index is 0.0727. The maximum Gasteiger partial charge on any atom is 0.354 e. The quantitative estimate of drug-likeness (QED) is 0.175. The lowest BCUT2D eigenvalue weighted by Gasteiger charge is -2.14. The maximum atomic E-state index is 11.4. The van der Waals surface area contributed by atoms with E-state index in [1.165, 1.54) is 51.8 Å². The highest BCUT2D eigenvalue weighted by Crippen LogP contribution is 2.31. The van der Waals surface area contributed by atoms with Crippen molar-refractivity contribution in [3.8, 4) is 33.5 Å². The molecule has 0 aliphatic rings. The van der Waals surface area contributed by atoms with Gasteiger partial charge in [0.2, 0.25) is 0 Å². The Balaban J connectivity index is 1.19. The highest BCUT2D eigenvalue weighted by molar-refractivity contribution is 5.87. The lowest BCUT2D eigenvalue weighted by atomic mass is 9.91. The van der Waals surface area contributed by atoms with Gasteiger partial charge in [0.1, 0.15) is 5.69 Å². The van der Waals surface area contributed by atoms with Crippen LogP contribution in [0.3, 0.4) is 0 Å². The molecule has 0 radical (unpaired) electrons. The van der Waals surface area contributed by atoms with Crippen molar-refractivity contribution in [2.24, 2.45) is 0 Å². The summed E-state index contributed by atoms with van der Waals surface area (Å²) in [5, 5.41) is 9.31. The van der Waals surface area contributed by atoms with Gasteiger partial charge in [-0.3, -0.25) is 4.98 Å². The number of hydrogen-bond donors (Lipinski definition) is 1. The van der Waals surface area contributed by atoms with Crippen LogP contribution >= 0.6 is 0 Å². The van der Waals surface area contributed by atoms with E-state index < -0.39 is 5.97 Å². The van der Waals surface area contributed by atoms with Crippen molar-refractivity contribution in [2.75, 3.05) is 0 Å². The number of unbranched alkanes of at least 4 members (excludes halogenated alkanes) is 2. The van der Waals surface area contributed by atoms with Crippen molar-refractivity contribution in [1.82, 2.24) is 9.97 Å². The molecule has 0 spiro atoms. The fraction of sp³-hybridized carbons (Fsp3) is 0.237. The van der Waals surface area contributed by atoms with Gasteiger partial charge in [0.25, 0.3) is 0 Å². The summed E-state index contributed by atoms with van der Waals surface area (Å²) in [6.45, 7) is 8.70. The number of hydrogen-bond acceptors (Lipinski definition) is 3. The first-order chi connectivity index (χ1) is 20.3. The van der Waals surface area contributed by atoms with E-state index in [4.69, 9.17) is 0 Å². The first kappa shape index (κ1) is 28.9. The van der Waals surface area contributed by atoms with Gasteiger partial charge in [-0.05, 0) is 139 Å². The van der Waals surface area contributed by atoms with Crippen molar-refractivity contribution in [1.29, 1.82) is 0 Å². The topological polar surface area (TPSA) is 63.1 Å². The molecule has 2 aromatic heterocycles. The smallest absolute Gasteiger partial charge is 0.354 e. The molecule has 5 aromatic rings. The van der Waals surface area contributed by atoms with Crippen molar-refractivity contribution in [3.05, 3.63) is 130 Å². The average Bonchev–Trinajstić information content (AvgIpc) is 3.00. The first-order valence-electron chi connectivity index (χ1n) is 14.7. The zero-order chi connectivity index (χ0) is 29.6. The number of aromatic carboxylic acids is 1. The van der Waals surface area contributed by atoms with Gasteiger partial charge in [-0.25, -0.2) is 9.78 Å². The van der Waals surface area contributed by atoms with Crippen LogP contribution in [-0.2, 0) is 12.8 Å². The third kappa shape index (κ3) is 6.66. The number of aromatic nitrogens is 2. The lowest BCUT2D eigenvalue weighted by molar-refractivity contribution is 0.0690. The molecule has 42 heavy (non-hydrogen) atoms. The van der Waals surface area contributed by atoms with E-state index in [0.29, 0.717) is 0 Å². The molecule has 0 fully saturated rings. The van der Waals surface area contributed by atoms with E-state index in [9.17, 15) is 9.90 Å². The minimum Gasteiger partial charge on any atom is -0.477 e. The Bertz CT molecular complexity index is 1720. The van der Waals surface area contributed by atoms with E-state index >= 15 is 0 Å². The SMILES string of the molecule is Cc1cc(-c2cccc(-c3ccccn3)c2)c(C)cc1CCCCCc1cc(C)c(-c2ccnc(C(=O)O)c2)cc1C. The lowest BCUT2D eigenvalue weighted by Crippen LogP contribution is -2.00. The van der Waals surface area contributed by atoms with Crippen LogP contribution in [0, 0.1) is 27.7 Å². The largest absolute Gasteiger partial charge is 0.477 e. The van der Waals surface area contributed by atoms with Crippen LogP contribution in [-0.4, -0.2) is 21.0 Å². The van der Waals surface area contributed by atoms with Crippen molar-refractivity contribution < 1.29 is 9.90 Å². The number of aryl methyl sites for hydroxylation is 6. The normalized spacial score (nSPS) is 11.0. The van der Waals surface area contributed by atoms with Crippen molar-refractivity contribution in [2.45, 2.75) is 59.8 Å². The van der Waals surface area contributed by atoms with Gasteiger partial charge >= 0.3 is 5.97 Å². The number of carboxylic acids is 1. The number of carboxylic acid groups (broad SMARTS) is 1. The molecule has 0 atom stereocenters. The standard InChI is InChI=1S/C38H38N2O2/c1-25-21-34(31-13-10-14-33(23-31)36-15-8-9-17-39-36)27(3)19-29(25)11-6-5-7-12-30-20-28(4)35(22-26(30)2)32-16-18-40-37(24-32)38(41)42/h8-10,13-24H,5-7,11-12H2,1-4H3,(H,41,42). The van der Waals surface area contributed by atoms with Crippen LogP contribution in [0.15, 0.2) is 91.3 Å². The Morgan fingerprint density at radius 3 is 1.81 bits per heavy atom. The van der Waals surface area contributed by atoms with E-state index in [1.807, 2.05) is 24.4 Å². The third-order valence-corrected chi connectivity index (χ3v) is 8.18. The van der Waals surface area contributed by atoms with Crippen LogP contribution in [0.4, 0.5) is 0 Å². The van der Waals surface area contributed by atoms with Gasteiger partial charge < -0.3 is 5.11 Å². The molecule has 0 saturated carbocycles. The van der Waals surface area contributed by atoms with E-state index in [2.05, 4.69) is 92.3 Å². The predicted molar refractivity (Wildman–Crippen MR) is 172 cm³/mol. The number of nitrogens with zero attached hydrogens (tertiary/aromatic N) is 2. The van der Waals surface area contributed by atoms with Gasteiger partial charge in [0, 0.05) is 18.0 Å². The monoisotopic (exact) mass is 554 g/mol. The second-order valence-corrected chi connectivity index (χ2v) is 11.3. The Labute approximate surface area is 249 Å². The van der Waals surface area contributed by atoms with Gasteiger partial charge in [0.15, 0.2) is 0 Å². The Hall–Kier alpha value is -4.57. The molecule has 3 aromatic carbocycles. The van der Waals surface area contributed by atoms with Gasteiger partial charge in [-0.15, -0.1) is 0 Å². The highest BCUT2D eigenvalue weighted by Gasteiger charge is 2.12. The van der Waals surface area contributed by atoms with Crippen molar-refractivity contribution >= 4 is 5.97 Å². The first-order valence-corrected chi connectivity index (χ1v) is 14.7. The fourth-order valence-electron chi connectivity index (χ4n) is 5.81. The molecular weight excluding hydrogens is 516 g/mol. The summed E-state index contributed by atoms with van der Waals surface area (Å²) in [6, 6.07) is 27.4. The Morgan fingerprint density at radius 2 is 1.21 bits per heavy atom. The van der Waals surface area contributed by atoms with Crippen LogP contribution in [0.1, 0.15) is 63.1 Å². The van der Waals surface area contributed by atoms with E-state index in [0.717, 1.165) is 47.2 Å². The van der Waals surface area contributed by atoms with Gasteiger partial charge in [-0.1, -0.05) is 55.0 Å². The van der Waals surface area contributed by atoms with Crippen LogP contribution in [0.2, 0.25) is 0 Å². The summed E-state index contributed by atoms with van der Waals surface area (Å²) in [6.07, 6.45) is 9.04. The third-order valence-electron chi connectivity index (χ3n) is 8.18. The van der Waals surface area contributed by atoms with Crippen LogP contribution in [0.5, 0.6) is 0 Å². The zero-order valence-electron chi connectivity index (χ0n) is 24.9. The Morgan fingerprint density at radius 1 is 0.595 bits per heavy atom. The second-order valence-electron chi connectivity index (χ2n) is 11.3. The van der Waals surface area contributed by atoms with E-state index in [1.54, 1.807) is 12.3 Å². The number of rotatable bonds is 10. The molecule has 4 nitrogen and oxygen atoms in total. The molecule has 212 valence electrons. The molecule has 0 unspecified atom stereocenters. The fourth-order valence-corrected chi connectivity index (χ4v) is 5.81. The predicted octanol–water partition coefficient (Wildman–Crippen LogP) is 9.36. The molecule has 1 N–H and O–H groups in total. The molecular formula is C38H38N2O2. The second kappa shape index (κ2) is 12.9. The minimum atomic E-state index is -1.00. The molecule has 0 aliphatic heterocycles. The molecule has 2 heterocycles. The summed E-state index contributed by atoms with van der Waals surface area (Å²) in [4.78, 5) is 19.8. The molecule has 0 saturated heterocycles. The molecule has 0 amide bonds. The highest BCUT2D eigenvalue weighted by atomic mass is 16.4.